The van der Waals surface area contributed by atoms with E-state index in [1.807, 2.05) is 6.92 Å². The SMILES string of the molecule is CC(CNC(=O)C(C)n1cncn1)N1CCc2ccccc21. The summed E-state index contributed by atoms with van der Waals surface area (Å²) in [5.74, 6) is -0.0372. The number of carbonyl (C=O) groups is 1. The third-order valence-electron chi connectivity index (χ3n) is 4.24. The number of nitrogens with one attached hydrogen (secondary N) is 1. The fourth-order valence-electron chi connectivity index (χ4n) is 2.87. The minimum atomic E-state index is -0.347. The van der Waals surface area contributed by atoms with E-state index in [0.717, 1.165) is 13.0 Å². The Labute approximate surface area is 130 Å². The van der Waals surface area contributed by atoms with Crippen LogP contribution >= 0.6 is 0 Å². The summed E-state index contributed by atoms with van der Waals surface area (Å²) in [6, 6.07) is 8.38. The summed E-state index contributed by atoms with van der Waals surface area (Å²) in [6.45, 7) is 5.59. The molecule has 0 saturated heterocycles. The van der Waals surface area contributed by atoms with Crippen LogP contribution in [-0.2, 0) is 11.2 Å². The maximum Gasteiger partial charge on any atom is 0.244 e. The summed E-state index contributed by atoms with van der Waals surface area (Å²) >= 11 is 0. The van der Waals surface area contributed by atoms with Gasteiger partial charge in [0.05, 0.1) is 0 Å². The Hall–Kier alpha value is -2.37. The predicted octanol–water partition coefficient (Wildman–Crippen LogP) is 1.41. The third-order valence-corrected chi connectivity index (χ3v) is 4.24. The summed E-state index contributed by atoms with van der Waals surface area (Å²) in [6.07, 6.45) is 4.07. The van der Waals surface area contributed by atoms with Crippen LogP contribution in [0.15, 0.2) is 36.9 Å². The first-order valence-corrected chi connectivity index (χ1v) is 7.63. The normalized spacial score (nSPS) is 16.2. The van der Waals surface area contributed by atoms with Gasteiger partial charge >= 0.3 is 0 Å². The average molecular weight is 299 g/mol. The molecule has 1 aromatic carbocycles. The van der Waals surface area contributed by atoms with Crippen LogP contribution in [0.3, 0.4) is 0 Å². The first kappa shape index (κ1) is 14.6. The van der Waals surface area contributed by atoms with Crippen molar-refractivity contribution < 1.29 is 4.79 Å². The maximum absolute atomic E-state index is 12.2. The molecule has 0 aliphatic carbocycles. The fraction of sp³-hybridized carbons (Fsp3) is 0.438. The number of nitrogens with zero attached hydrogens (tertiary/aromatic N) is 4. The minimum absolute atomic E-state index is 0.0372. The van der Waals surface area contributed by atoms with E-state index in [0.29, 0.717) is 6.54 Å². The predicted molar refractivity (Wildman–Crippen MR) is 84.7 cm³/mol. The Morgan fingerprint density at radius 2 is 2.18 bits per heavy atom. The molecule has 0 radical (unpaired) electrons. The van der Waals surface area contributed by atoms with E-state index >= 15 is 0 Å². The van der Waals surface area contributed by atoms with Crippen LogP contribution in [0, 0.1) is 0 Å². The van der Waals surface area contributed by atoms with Crippen molar-refractivity contribution in [2.24, 2.45) is 0 Å². The first-order valence-electron chi connectivity index (χ1n) is 7.63. The van der Waals surface area contributed by atoms with E-state index < -0.39 is 0 Å². The zero-order valence-electron chi connectivity index (χ0n) is 12.9. The molecule has 116 valence electrons. The van der Waals surface area contributed by atoms with Crippen LogP contribution in [0.4, 0.5) is 5.69 Å². The number of rotatable bonds is 5. The lowest BCUT2D eigenvalue weighted by Crippen LogP contribution is -2.43. The molecule has 6 heteroatoms. The zero-order valence-corrected chi connectivity index (χ0v) is 12.9. The summed E-state index contributed by atoms with van der Waals surface area (Å²) in [5, 5.41) is 7.01. The van der Waals surface area contributed by atoms with E-state index in [1.54, 1.807) is 11.0 Å². The standard InChI is InChI=1S/C16H21N5O/c1-12(20-8-7-14-5-3-4-6-15(14)20)9-18-16(22)13(2)21-11-17-10-19-21/h3-6,10-13H,7-9H2,1-2H3,(H,18,22). The molecule has 0 saturated carbocycles. The highest BCUT2D eigenvalue weighted by atomic mass is 16.2. The Morgan fingerprint density at radius 3 is 2.95 bits per heavy atom. The van der Waals surface area contributed by atoms with Crippen molar-refractivity contribution in [2.75, 3.05) is 18.0 Å². The van der Waals surface area contributed by atoms with Gasteiger partial charge in [-0.05, 0) is 31.9 Å². The van der Waals surface area contributed by atoms with Gasteiger partial charge in [-0.15, -0.1) is 0 Å². The molecule has 1 amide bonds. The number of anilines is 1. The molecule has 6 nitrogen and oxygen atoms in total. The van der Waals surface area contributed by atoms with Gasteiger partial charge in [0.1, 0.15) is 18.7 Å². The van der Waals surface area contributed by atoms with Crippen molar-refractivity contribution in [1.82, 2.24) is 20.1 Å². The molecule has 2 atom stereocenters. The fourth-order valence-corrected chi connectivity index (χ4v) is 2.87. The molecule has 2 heterocycles. The zero-order chi connectivity index (χ0) is 15.5. The van der Waals surface area contributed by atoms with Gasteiger partial charge in [0, 0.05) is 24.8 Å². The van der Waals surface area contributed by atoms with Crippen LogP contribution in [0.2, 0.25) is 0 Å². The number of para-hydroxylation sites is 1. The third kappa shape index (κ3) is 2.81. The molecular weight excluding hydrogens is 278 g/mol. The number of fused-ring (bicyclic) bond motifs is 1. The molecule has 1 aromatic heterocycles. The average Bonchev–Trinajstić information content (AvgIpc) is 3.20. The monoisotopic (exact) mass is 299 g/mol. The summed E-state index contributed by atoms with van der Waals surface area (Å²) in [4.78, 5) is 18.4. The van der Waals surface area contributed by atoms with E-state index in [4.69, 9.17) is 0 Å². The van der Waals surface area contributed by atoms with Crippen molar-refractivity contribution in [3.05, 3.63) is 42.5 Å². The molecular formula is C16H21N5O. The van der Waals surface area contributed by atoms with Gasteiger partial charge in [0.25, 0.3) is 0 Å². The van der Waals surface area contributed by atoms with E-state index in [-0.39, 0.29) is 18.0 Å². The van der Waals surface area contributed by atoms with Crippen LogP contribution in [-0.4, -0.2) is 39.8 Å². The van der Waals surface area contributed by atoms with Crippen molar-refractivity contribution in [1.29, 1.82) is 0 Å². The molecule has 1 N–H and O–H groups in total. The minimum Gasteiger partial charge on any atom is -0.366 e. The number of hydrogen-bond donors (Lipinski definition) is 1. The van der Waals surface area contributed by atoms with Gasteiger partial charge in [-0.25, -0.2) is 9.67 Å². The van der Waals surface area contributed by atoms with Crippen molar-refractivity contribution in [3.8, 4) is 0 Å². The summed E-state index contributed by atoms with van der Waals surface area (Å²) < 4.78 is 1.56. The number of amides is 1. The molecule has 0 bridgehead atoms. The highest BCUT2D eigenvalue weighted by molar-refractivity contribution is 5.79. The van der Waals surface area contributed by atoms with Crippen LogP contribution in [0.1, 0.15) is 25.5 Å². The number of aromatic nitrogens is 3. The highest BCUT2D eigenvalue weighted by Gasteiger charge is 2.24. The van der Waals surface area contributed by atoms with Crippen molar-refractivity contribution in [2.45, 2.75) is 32.4 Å². The molecule has 0 spiro atoms. The molecule has 3 rings (SSSR count). The molecule has 0 fully saturated rings. The van der Waals surface area contributed by atoms with E-state index in [2.05, 4.69) is 51.5 Å². The number of hydrogen-bond acceptors (Lipinski definition) is 4. The lowest BCUT2D eigenvalue weighted by Gasteiger charge is -2.28. The Bertz CT molecular complexity index is 640. The molecule has 1 aliphatic heterocycles. The summed E-state index contributed by atoms with van der Waals surface area (Å²) in [7, 11) is 0. The van der Waals surface area contributed by atoms with Gasteiger partial charge in [-0.3, -0.25) is 4.79 Å². The second kappa shape index (κ2) is 6.17. The Balaban J connectivity index is 1.57. The quantitative estimate of drug-likeness (QED) is 0.906. The van der Waals surface area contributed by atoms with Crippen molar-refractivity contribution in [3.63, 3.8) is 0 Å². The Kier molecular flexibility index (Phi) is 4.09. The molecule has 22 heavy (non-hydrogen) atoms. The summed E-state index contributed by atoms with van der Waals surface area (Å²) in [5.41, 5.74) is 2.67. The van der Waals surface area contributed by atoms with Crippen LogP contribution < -0.4 is 10.2 Å². The van der Waals surface area contributed by atoms with Gasteiger partial charge < -0.3 is 10.2 Å². The largest absolute Gasteiger partial charge is 0.366 e. The molecule has 2 unspecified atom stereocenters. The topological polar surface area (TPSA) is 63.1 Å². The lowest BCUT2D eigenvalue weighted by molar-refractivity contribution is -0.124. The second-order valence-corrected chi connectivity index (χ2v) is 5.72. The maximum atomic E-state index is 12.2. The number of carbonyl (C=O) groups excluding carboxylic acids is 1. The lowest BCUT2D eigenvalue weighted by atomic mass is 10.2. The van der Waals surface area contributed by atoms with Gasteiger partial charge in [-0.2, -0.15) is 5.10 Å². The van der Waals surface area contributed by atoms with E-state index in [9.17, 15) is 4.79 Å². The van der Waals surface area contributed by atoms with Gasteiger partial charge in [0.2, 0.25) is 5.91 Å². The molecule has 1 aliphatic rings. The van der Waals surface area contributed by atoms with E-state index in [1.165, 1.54) is 17.6 Å². The number of benzene rings is 1. The van der Waals surface area contributed by atoms with Gasteiger partial charge in [-0.1, -0.05) is 18.2 Å². The van der Waals surface area contributed by atoms with Gasteiger partial charge in [0.15, 0.2) is 0 Å². The second-order valence-electron chi connectivity index (χ2n) is 5.72. The smallest absolute Gasteiger partial charge is 0.244 e. The first-order chi connectivity index (χ1) is 10.7. The highest BCUT2D eigenvalue weighted by Crippen LogP contribution is 2.28. The van der Waals surface area contributed by atoms with Crippen LogP contribution in [0.25, 0.3) is 0 Å². The van der Waals surface area contributed by atoms with Crippen LogP contribution in [0.5, 0.6) is 0 Å². The van der Waals surface area contributed by atoms with Crippen molar-refractivity contribution >= 4 is 11.6 Å². The Morgan fingerprint density at radius 1 is 1.36 bits per heavy atom. The molecule has 2 aromatic rings.